The van der Waals surface area contributed by atoms with E-state index in [1.54, 1.807) is 24.3 Å². The van der Waals surface area contributed by atoms with Crippen LogP contribution < -0.4 is 10.6 Å². The molecule has 0 saturated heterocycles. The predicted molar refractivity (Wildman–Crippen MR) is 90.7 cm³/mol. The molecule has 0 unspecified atom stereocenters. The summed E-state index contributed by atoms with van der Waals surface area (Å²) in [7, 11) is 0. The number of fused-ring (bicyclic) bond motifs is 1. The summed E-state index contributed by atoms with van der Waals surface area (Å²) >= 11 is 3.29. The number of hydrogen-bond acceptors (Lipinski definition) is 5. The summed E-state index contributed by atoms with van der Waals surface area (Å²) in [6, 6.07) is 9.71. The molecule has 0 saturated carbocycles. The number of alkyl halides is 3. The molecule has 2 aromatic heterocycles. The van der Waals surface area contributed by atoms with Gasteiger partial charge in [-0.25, -0.2) is 0 Å². The fraction of sp³-hybridized carbons (Fsp3) is 0.200. The molecule has 0 fully saturated rings. The number of nitrogens with zero attached hydrogens (tertiary/aromatic N) is 4. The Morgan fingerprint density at radius 2 is 1.81 bits per heavy atom. The van der Waals surface area contributed by atoms with Gasteiger partial charge < -0.3 is 10.6 Å². The van der Waals surface area contributed by atoms with Crippen LogP contribution in [0.25, 0.3) is 5.65 Å². The zero-order valence-electron chi connectivity index (χ0n) is 13.1. The van der Waals surface area contributed by atoms with Gasteiger partial charge in [-0.05, 0) is 36.4 Å². The molecule has 0 radical (unpaired) electrons. The van der Waals surface area contributed by atoms with E-state index in [1.165, 1.54) is 12.1 Å². The molecular weight excluding hydrogens is 417 g/mol. The number of amides is 1. The molecule has 1 amide bonds. The lowest BCUT2D eigenvalue weighted by molar-refractivity contribution is -0.146. The largest absolute Gasteiger partial charge is 0.453 e. The van der Waals surface area contributed by atoms with Crippen molar-refractivity contribution in [3.63, 3.8) is 0 Å². The Kier molecular flexibility index (Phi) is 5.07. The number of carbonyl (C=O) groups is 1. The first-order valence-electron chi connectivity index (χ1n) is 7.42. The number of rotatable bonds is 5. The van der Waals surface area contributed by atoms with Gasteiger partial charge in [-0.2, -0.15) is 17.7 Å². The second-order valence-corrected chi connectivity index (χ2v) is 6.12. The summed E-state index contributed by atoms with van der Waals surface area (Å²) < 4.78 is 40.0. The van der Waals surface area contributed by atoms with Crippen molar-refractivity contribution in [2.45, 2.75) is 6.18 Å². The second-order valence-electron chi connectivity index (χ2n) is 5.20. The summed E-state index contributed by atoms with van der Waals surface area (Å²) in [6.07, 6.45) is -4.65. The van der Waals surface area contributed by atoms with Gasteiger partial charge in [0.05, 0.1) is 0 Å². The number of benzene rings is 1. The molecule has 136 valence electrons. The van der Waals surface area contributed by atoms with Crippen LogP contribution in [0.4, 0.5) is 19.0 Å². The summed E-state index contributed by atoms with van der Waals surface area (Å²) in [5.74, 6) is -1.23. The molecule has 2 heterocycles. The molecule has 0 bridgehead atoms. The maximum absolute atomic E-state index is 12.8. The van der Waals surface area contributed by atoms with Crippen LogP contribution in [0.15, 0.2) is 40.9 Å². The monoisotopic (exact) mass is 428 g/mol. The van der Waals surface area contributed by atoms with Gasteiger partial charge in [-0.3, -0.25) is 4.79 Å². The van der Waals surface area contributed by atoms with E-state index in [4.69, 9.17) is 0 Å². The fourth-order valence-corrected chi connectivity index (χ4v) is 2.39. The average Bonchev–Trinajstić information content (AvgIpc) is 3.02. The first kappa shape index (κ1) is 18.1. The Morgan fingerprint density at radius 1 is 1.08 bits per heavy atom. The number of halogens is 4. The molecule has 3 aromatic rings. The van der Waals surface area contributed by atoms with Crippen LogP contribution in [0.2, 0.25) is 0 Å². The summed E-state index contributed by atoms with van der Waals surface area (Å²) in [5.41, 5.74) is 0.499. The van der Waals surface area contributed by atoms with Gasteiger partial charge in [0.2, 0.25) is 0 Å². The van der Waals surface area contributed by atoms with Crippen molar-refractivity contribution in [1.29, 1.82) is 0 Å². The van der Waals surface area contributed by atoms with Crippen molar-refractivity contribution in [2.75, 3.05) is 18.4 Å². The van der Waals surface area contributed by atoms with Crippen LogP contribution in [0, 0.1) is 0 Å². The van der Waals surface area contributed by atoms with Crippen LogP contribution in [0.1, 0.15) is 16.2 Å². The Hall–Kier alpha value is -2.69. The Morgan fingerprint density at radius 3 is 2.50 bits per heavy atom. The van der Waals surface area contributed by atoms with E-state index < -0.39 is 12.0 Å². The molecule has 11 heteroatoms. The van der Waals surface area contributed by atoms with Crippen molar-refractivity contribution < 1.29 is 18.0 Å². The minimum Gasteiger partial charge on any atom is -0.367 e. The van der Waals surface area contributed by atoms with E-state index in [0.717, 1.165) is 4.47 Å². The first-order valence-corrected chi connectivity index (χ1v) is 8.21. The van der Waals surface area contributed by atoms with E-state index in [9.17, 15) is 18.0 Å². The Balaban J connectivity index is 1.58. The average molecular weight is 429 g/mol. The smallest absolute Gasteiger partial charge is 0.367 e. The van der Waals surface area contributed by atoms with Gasteiger partial charge in [-0.1, -0.05) is 15.9 Å². The Bertz CT molecular complexity index is 925. The lowest BCUT2D eigenvalue weighted by Gasteiger charge is -2.08. The lowest BCUT2D eigenvalue weighted by Crippen LogP contribution is -2.29. The van der Waals surface area contributed by atoms with Crippen molar-refractivity contribution in [1.82, 2.24) is 25.1 Å². The maximum atomic E-state index is 12.8. The van der Waals surface area contributed by atoms with Crippen LogP contribution in [-0.4, -0.2) is 38.8 Å². The normalized spacial score (nSPS) is 11.5. The number of anilines is 1. The van der Waals surface area contributed by atoms with Crippen molar-refractivity contribution in [3.05, 3.63) is 52.3 Å². The van der Waals surface area contributed by atoms with Gasteiger partial charge in [0.15, 0.2) is 5.65 Å². The zero-order valence-corrected chi connectivity index (χ0v) is 14.7. The van der Waals surface area contributed by atoms with Crippen molar-refractivity contribution in [3.8, 4) is 0 Å². The fourth-order valence-electron chi connectivity index (χ4n) is 2.13. The third-order valence-corrected chi connectivity index (χ3v) is 3.87. The third kappa shape index (κ3) is 4.10. The SMILES string of the molecule is O=C(NCCNc1ccc2nnc(C(F)(F)F)n2n1)c1ccc(Br)cc1. The van der Waals surface area contributed by atoms with Crippen LogP contribution in [-0.2, 0) is 6.18 Å². The second kappa shape index (κ2) is 7.28. The first-order chi connectivity index (χ1) is 12.3. The van der Waals surface area contributed by atoms with E-state index >= 15 is 0 Å². The molecule has 1 aromatic carbocycles. The summed E-state index contributed by atoms with van der Waals surface area (Å²) in [6.45, 7) is 0.549. The minimum absolute atomic E-state index is 0.00795. The maximum Gasteiger partial charge on any atom is 0.453 e. The highest BCUT2D eigenvalue weighted by atomic mass is 79.9. The van der Waals surface area contributed by atoms with Gasteiger partial charge in [0, 0.05) is 23.1 Å². The highest BCUT2D eigenvalue weighted by Crippen LogP contribution is 2.27. The summed E-state index contributed by atoms with van der Waals surface area (Å²) in [4.78, 5) is 11.9. The molecule has 3 rings (SSSR count). The van der Waals surface area contributed by atoms with Crippen molar-refractivity contribution in [2.24, 2.45) is 0 Å². The van der Waals surface area contributed by atoms with E-state index in [-0.39, 0.29) is 30.5 Å². The van der Waals surface area contributed by atoms with E-state index in [0.29, 0.717) is 10.1 Å². The molecule has 2 N–H and O–H groups in total. The quantitative estimate of drug-likeness (QED) is 0.610. The minimum atomic E-state index is -4.65. The van der Waals surface area contributed by atoms with Gasteiger partial charge in [-0.15, -0.1) is 15.3 Å². The molecule has 26 heavy (non-hydrogen) atoms. The number of aromatic nitrogens is 4. The van der Waals surface area contributed by atoms with Crippen molar-refractivity contribution >= 4 is 33.3 Å². The molecule has 0 spiro atoms. The standard InChI is InChI=1S/C15H12BrF3N6O/c16-10-3-1-9(2-4-10)13(26)21-8-7-20-11-5-6-12-22-23-14(15(17,18)19)25(12)24-11/h1-6H,7-8H2,(H,20,24)(H,21,26). The van der Waals surface area contributed by atoms with Gasteiger partial charge >= 0.3 is 6.18 Å². The molecule has 0 aliphatic rings. The van der Waals surface area contributed by atoms with Gasteiger partial charge in [0.25, 0.3) is 11.7 Å². The van der Waals surface area contributed by atoms with Crippen LogP contribution >= 0.6 is 15.9 Å². The molecule has 0 aliphatic heterocycles. The highest BCUT2D eigenvalue weighted by Gasteiger charge is 2.37. The highest BCUT2D eigenvalue weighted by molar-refractivity contribution is 9.10. The number of nitrogens with one attached hydrogen (secondary N) is 2. The topological polar surface area (TPSA) is 84.2 Å². The van der Waals surface area contributed by atoms with Crippen LogP contribution in [0.5, 0.6) is 0 Å². The molecular formula is C15H12BrF3N6O. The van der Waals surface area contributed by atoms with Gasteiger partial charge in [0.1, 0.15) is 5.82 Å². The van der Waals surface area contributed by atoms with E-state index in [1.807, 2.05) is 0 Å². The molecule has 7 nitrogen and oxygen atoms in total. The Labute approximate surface area is 153 Å². The summed E-state index contributed by atoms with van der Waals surface area (Å²) in [5, 5.41) is 15.9. The zero-order chi connectivity index (χ0) is 18.7. The predicted octanol–water partition coefficient (Wildman–Crippen LogP) is 2.75. The van der Waals surface area contributed by atoms with E-state index in [2.05, 4.69) is 41.9 Å². The molecule has 0 aliphatic carbocycles. The number of hydrogen-bond donors (Lipinski definition) is 2. The third-order valence-electron chi connectivity index (χ3n) is 3.34. The number of carbonyl (C=O) groups excluding carboxylic acids is 1. The van der Waals surface area contributed by atoms with Crippen LogP contribution in [0.3, 0.4) is 0 Å². The lowest BCUT2D eigenvalue weighted by atomic mass is 10.2. The molecule has 0 atom stereocenters.